The van der Waals surface area contributed by atoms with Crippen LogP contribution in [-0.4, -0.2) is 38.7 Å². The van der Waals surface area contributed by atoms with Gasteiger partial charge in [0.25, 0.3) is 5.91 Å². The van der Waals surface area contributed by atoms with Gasteiger partial charge in [-0.3, -0.25) is 9.69 Å². The van der Waals surface area contributed by atoms with Crippen LogP contribution in [0.3, 0.4) is 0 Å². The molecular weight excluding hydrogens is 467 g/mol. The third-order valence-electron chi connectivity index (χ3n) is 7.37. The maximum Gasteiger partial charge on any atom is 0.416 e. The molecule has 2 atom stereocenters. The van der Waals surface area contributed by atoms with E-state index >= 15 is 0 Å². The van der Waals surface area contributed by atoms with E-state index in [-0.39, 0.29) is 23.6 Å². The van der Waals surface area contributed by atoms with Gasteiger partial charge in [-0.15, -0.1) is 10.2 Å². The maximum absolute atomic E-state index is 14.1. The van der Waals surface area contributed by atoms with Crippen molar-refractivity contribution in [2.45, 2.75) is 51.9 Å². The second-order valence-corrected chi connectivity index (χ2v) is 10.2. The van der Waals surface area contributed by atoms with Crippen molar-refractivity contribution >= 4 is 11.6 Å². The summed E-state index contributed by atoms with van der Waals surface area (Å²) < 4.78 is 44.2. The maximum atomic E-state index is 14.1. The third kappa shape index (κ3) is 4.64. The number of hydrogen-bond donors (Lipinski definition) is 0. The van der Waals surface area contributed by atoms with E-state index in [0.29, 0.717) is 23.7 Å². The normalized spacial score (nSPS) is 19.6. The predicted molar refractivity (Wildman–Crippen MR) is 131 cm³/mol. The van der Waals surface area contributed by atoms with Gasteiger partial charge < -0.3 is 9.47 Å². The van der Waals surface area contributed by atoms with Crippen molar-refractivity contribution in [2.24, 2.45) is 13.0 Å². The molecule has 0 radical (unpaired) electrons. The summed E-state index contributed by atoms with van der Waals surface area (Å²) >= 11 is 0. The Morgan fingerprint density at radius 1 is 1.19 bits per heavy atom. The van der Waals surface area contributed by atoms with Crippen LogP contribution in [-0.2, 0) is 26.3 Å². The van der Waals surface area contributed by atoms with Gasteiger partial charge in [-0.25, -0.2) is 0 Å². The number of nitrogens with zero attached hydrogens (tertiary/aromatic N) is 5. The fourth-order valence-corrected chi connectivity index (χ4v) is 5.50. The van der Waals surface area contributed by atoms with Crippen molar-refractivity contribution in [3.63, 3.8) is 0 Å². The van der Waals surface area contributed by atoms with Crippen molar-refractivity contribution in [3.05, 3.63) is 76.4 Å². The van der Waals surface area contributed by atoms with Gasteiger partial charge in [-0.2, -0.15) is 13.2 Å². The van der Waals surface area contributed by atoms with Crippen LogP contribution in [0.15, 0.2) is 42.7 Å². The molecule has 2 aliphatic heterocycles. The van der Waals surface area contributed by atoms with Crippen LogP contribution in [0.4, 0.5) is 18.9 Å². The minimum absolute atomic E-state index is 0.0509. The molecule has 1 saturated heterocycles. The number of aryl methyl sites for hydroxylation is 1. The third-order valence-corrected chi connectivity index (χ3v) is 7.37. The summed E-state index contributed by atoms with van der Waals surface area (Å²) in [6, 6.07) is 10.3. The lowest BCUT2D eigenvalue weighted by Crippen LogP contribution is -2.33. The van der Waals surface area contributed by atoms with Gasteiger partial charge in [0.15, 0.2) is 0 Å². The Bertz CT molecular complexity index is 1280. The van der Waals surface area contributed by atoms with Crippen LogP contribution < -0.4 is 4.90 Å². The molecule has 1 fully saturated rings. The molecule has 1 aromatic heterocycles. The molecule has 0 spiro atoms. The van der Waals surface area contributed by atoms with Crippen molar-refractivity contribution in [3.8, 4) is 0 Å². The summed E-state index contributed by atoms with van der Waals surface area (Å²) in [4.78, 5) is 17.1. The van der Waals surface area contributed by atoms with Crippen LogP contribution >= 0.6 is 0 Å². The molecule has 1 amide bonds. The lowest BCUT2D eigenvalue weighted by atomic mass is 9.96. The van der Waals surface area contributed by atoms with E-state index < -0.39 is 17.6 Å². The summed E-state index contributed by atoms with van der Waals surface area (Å²) in [7, 11) is 1.86. The summed E-state index contributed by atoms with van der Waals surface area (Å²) in [5.41, 5.74) is 1.51. The molecule has 0 N–H and O–H groups in total. The number of rotatable bonds is 5. The van der Waals surface area contributed by atoms with E-state index in [9.17, 15) is 18.0 Å². The van der Waals surface area contributed by atoms with E-state index in [0.717, 1.165) is 37.3 Å². The first-order valence-electron chi connectivity index (χ1n) is 12.3. The standard InChI is InChI=1S/C27H30F3N5O/c1-17-6-5-9-34(13-17)14-19-10-22-23(24(11-19)27(28,29)30)15-35(26(22)36)21-8-4-7-20(12-21)18(2)25-32-31-16-33(25)3/h4,7-8,10-12,16-18H,5-6,9,13-15H2,1-3H3/t17-,18-/m0/s1. The molecule has 5 rings (SSSR count). The van der Waals surface area contributed by atoms with Crippen molar-refractivity contribution < 1.29 is 18.0 Å². The summed E-state index contributed by atoms with van der Waals surface area (Å²) in [6.45, 7) is 6.18. The largest absolute Gasteiger partial charge is 0.416 e. The summed E-state index contributed by atoms with van der Waals surface area (Å²) in [6.07, 6.45) is -0.741. The zero-order valence-electron chi connectivity index (χ0n) is 20.7. The molecule has 0 unspecified atom stereocenters. The van der Waals surface area contributed by atoms with Gasteiger partial charge >= 0.3 is 6.18 Å². The monoisotopic (exact) mass is 497 g/mol. The van der Waals surface area contributed by atoms with Crippen molar-refractivity contribution in [2.75, 3.05) is 18.0 Å². The van der Waals surface area contributed by atoms with Gasteiger partial charge in [0.05, 0.1) is 12.1 Å². The fourth-order valence-electron chi connectivity index (χ4n) is 5.50. The number of fused-ring (bicyclic) bond motifs is 1. The molecule has 9 heteroatoms. The quantitative estimate of drug-likeness (QED) is 0.475. The number of aromatic nitrogens is 3. The Morgan fingerprint density at radius 3 is 2.69 bits per heavy atom. The van der Waals surface area contributed by atoms with Crippen LogP contribution in [0.5, 0.6) is 0 Å². The lowest BCUT2D eigenvalue weighted by Gasteiger charge is -2.31. The van der Waals surface area contributed by atoms with Crippen LogP contribution in [0, 0.1) is 5.92 Å². The van der Waals surface area contributed by atoms with Crippen LogP contribution in [0.1, 0.15) is 71.0 Å². The highest BCUT2D eigenvalue weighted by Gasteiger charge is 2.40. The molecule has 3 heterocycles. The molecule has 190 valence electrons. The number of carbonyl (C=O) groups excluding carboxylic acids is 1. The van der Waals surface area contributed by atoms with Gasteiger partial charge in [0.2, 0.25) is 0 Å². The highest BCUT2D eigenvalue weighted by atomic mass is 19.4. The first-order chi connectivity index (χ1) is 17.1. The Balaban J connectivity index is 1.47. The molecule has 0 aliphatic carbocycles. The molecule has 0 bridgehead atoms. The zero-order valence-corrected chi connectivity index (χ0v) is 20.7. The lowest BCUT2D eigenvalue weighted by molar-refractivity contribution is -0.138. The van der Waals surface area contributed by atoms with E-state index in [2.05, 4.69) is 22.0 Å². The summed E-state index contributed by atoms with van der Waals surface area (Å²) in [5, 5.41) is 8.10. The number of alkyl halides is 3. The summed E-state index contributed by atoms with van der Waals surface area (Å²) in [5.74, 6) is 0.789. The molecule has 36 heavy (non-hydrogen) atoms. The van der Waals surface area contributed by atoms with Crippen LogP contribution in [0.25, 0.3) is 0 Å². The Hall–Kier alpha value is -3.20. The number of hydrogen-bond acceptors (Lipinski definition) is 4. The molecular formula is C27H30F3N5O. The number of halogens is 3. The highest BCUT2D eigenvalue weighted by molar-refractivity contribution is 6.10. The topological polar surface area (TPSA) is 54.3 Å². The molecule has 2 aromatic carbocycles. The average molecular weight is 498 g/mol. The van der Waals surface area contributed by atoms with E-state index in [4.69, 9.17) is 0 Å². The number of anilines is 1. The molecule has 3 aromatic rings. The van der Waals surface area contributed by atoms with E-state index in [1.165, 1.54) is 11.0 Å². The SMILES string of the molecule is C[C@H]1CCCN(Cc2cc3c(c(C(F)(F)F)c2)CN(c2cccc([C@H](C)c4nncn4C)c2)C3=O)C1. The zero-order chi connectivity index (χ0) is 25.6. The minimum atomic E-state index is -4.53. The Labute approximate surface area is 208 Å². The number of amides is 1. The van der Waals surface area contributed by atoms with E-state index in [1.807, 2.05) is 36.7 Å². The second kappa shape index (κ2) is 9.35. The first-order valence-corrected chi connectivity index (χ1v) is 12.3. The fraction of sp³-hybridized carbons (Fsp3) is 0.444. The van der Waals surface area contributed by atoms with Crippen LogP contribution in [0.2, 0.25) is 0 Å². The van der Waals surface area contributed by atoms with Crippen molar-refractivity contribution in [1.29, 1.82) is 0 Å². The smallest absolute Gasteiger partial charge is 0.320 e. The number of piperidine rings is 1. The molecule has 0 saturated carbocycles. The number of benzene rings is 2. The Morgan fingerprint density at radius 2 is 2.00 bits per heavy atom. The van der Waals surface area contributed by atoms with Gasteiger partial charge in [0, 0.05) is 37.3 Å². The van der Waals surface area contributed by atoms with Crippen molar-refractivity contribution in [1.82, 2.24) is 19.7 Å². The number of carbonyl (C=O) groups is 1. The van der Waals surface area contributed by atoms with E-state index in [1.54, 1.807) is 18.5 Å². The highest BCUT2D eigenvalue weighted by Crippen LogP contribution is 2.40. The van der Waals surface area contributed by atoms with Gasteiger partial charge in [-0.1, -0.05) is 26.0 Å². The van der Waals surface area contributed by atoms with Gasteiger partial charge in [0.1, 0.15) is 12.2 Å². The Kier molecular flexibility index (Phi) is 6.36. The predicted octanol–water partition coefficient (Wildman–Crippen LogP) is 5.38. The minimum Gasteiger partial charge on any atom is -0.320 e. The first kappa shape index (κ1) is 24.5. The second-order valence-electron chi connectivity index (χ2n) is 10.2. The molecule has 6 nitrogen and oxygen atoms in total. The average Bonchev–Trinajstić information content (AvgIpc) is 3.41. The number of likely N-dealkylation sites (tertiary alicyclic amines) is 1. The van der Waals surface area contributed by atoms with Gasteiger partial charge in [-0.05, 0) is 66.3 Å². The molecule has 2 aliphatic rings.